The smallest absolute Gasteiger partial charge is 0.351 e. The summed E-state index contributed by atoms with van der Waals surface area (Å²) in [5.74, 6) is 1.25. The van der Waals surface area contributed by atoms with E-state index in [-0.39, 0.29) is 38.5 Å². The van der Waals surface area contributed by atoms with Crippen molar-refractivity contribution < 1.29 is 4.39 Å². The van der Waals surface area contributed by atoms with Gasteiger partial charge in [0.1, 0.15) is 18.0 Å². The molecule has 0 spiro atoms. The molecule has 0 fully saturated rings. The Balaban J connectivity index is 0.00000210. The van der Waals surface area contributed by atoms with Crippen LogP contribution in [-0.2, 0) is 6.54 Å². The number of nitrogens with zero attached hydrogens (tertiary/aromatic N) is 6. The Morgan fingerprint density at radius 3 is 2.62 bits per heavy atom. The summed E-state index contributed by atoms with van der Waals surface area (Å²) in [5, 5.41) is 4.01. The van der Waals surface area contributed by atoms with E-state index in [4.69, 9.17) is 5.73 Å². The number of pyridine rings is 2. The van der Waals surface area contributed by atoms with Crippen molar-refractivity contribution in [1.82, 2.24) is 24.3 Å². The van der Waals surface area contributed by atoms with Crippen LogP contribution in [0.25, 0.3) is 17.1 Å². The summed E-state index contributed by atoms with van der Waals surface area (Å²) in [4.78, 5) is 23.3. The first kappa shape index (κ1) is 24.0. The molecule has 0 saturated heterocycles. The van der Waals surface area contributed by atoms with Crippen molar-refractivity contribution in [3.05, 3.63) is 65.2 Å². The van der Waals surface area contributed by atoms with Crippen LogP contribution in [0.1, 0.15) is 7.43 Å². The Bertz CT molecular complexity index is 1010. The maximum Gasteiger partial charge on any atom is 0.351 e. The third-order valence-electron chi connectivity index (χ3n) is 3.99. The predicted octanol–water partition coefficient (Wildman–Crippen LogP) is 2.43. The molecule has 3 aromatic rings. The Hall–Kier alpha value is -3.04. The maximum atomic E-state index is 12.7. The Labute approximate surface area is 174 Å². The number of aromatic nitrogens is 5. The predicted molar refractivity (Wildman–Crippen MR) is 115 cm³/mol. The normalized spacial score (nSPS) is 10.8. The standard InChI is InChI=1S/C18H20FN7O.CH4.ClH/c1-24(2)16-7-6-14(10-21-16)15-4-3-5-17(23-15)25-12-22-26(18(25)27)11-13(8-19)9-20;;/h3-8,10,12H,9,11,20H2,1-2H3;1H4;1H/b13-8+;;. The van der Waals surface area contributed by atoms with Crippen LogP contribution in [0.2, 0.25) is 0 Å². The lowest BCUT2D eigenvalue weighted by molar-refractivity contribution is 0.612. The molecule has 29 heavy (non-hydrogen) atoms. The lowest BCUT2D eigenvalue weighted by Crippen LogP contribution is -2.26. The summed E-state index contributed by atoms with van der Waals surface area (Å²) < 4.78 is 15.2. The molecule has 10 heteroatoms. The molecule has 0 aliphatic heterocycles. The molecule has 3 rings (SSSR count). The molecule has 8 nitrogen and oxygen atoms in total. The molecule has 0 aromatic carbocycles. The summed E-state index contributed by atoms with van der Waals surface area (Å²) in [6, 6.07) is 9.15. The van der Waals surface area contributed by atoms with E-state index in [1.165, 1.54) is 10.9 Å². The molecule has 0 radical (unpaired) electrons. The average Bonchev–Trinajstić information content (AvgIpc) is 3.06. The molecule has 0 saturated carbocycles. The topological polar surface area (TPSA) is 94.9 Å². The lowest BCUT2D eigenvalue weighted by Gasteiger charge is -2.11. The molecular formula is C19H25ClFN7O. The summed E-state index contributed by atoms with van der Waals surface area (Å²) in [6.45, 7) is 0.00786. The van der Waals surface area contributed by atoms with E-state index < -0.39 is 5.69 Å². The second-order valence-electron chi connectivity index (χ2n) is 6.09. The second-order valence-corrected chi connectivity index (χ2v) is 6.09. The van der Waals surface area contributed by atoms with Crippen molar-refractivity contribution in [3.8, 4) is 17.1 Å². The quantitative estimate of drug-likeness (QED) is 0.656. The fourth-order valence-corrected chi connectivity index (χ4v) is 2.46. The van der Waals surface area contributed by atoms with Crippen LogP contribution in [0, 0.1) is 0 Å². The van der Waals surface area contributed by atoms with E-state index in [0.29, 0.717) is 17.8 Å². The van der Waals surface area contributed by atoms with E-state index >= 15 is 0 Å². The highest BCUT2D eigenvalue weighted by atomic mass is 35.5. The van der Waals surface area contributed by atoms with Crippen molar-refractivity contribution in [1.29, 1.82) is 0 Å². The Kier molecular flexibility index (Phi) is 8.68. The summed E-state index contributed by atoms with van der Waals surface area (Å²) in [6.07, 6.45) is 3.48. The van der Waals surface area contributed by atoms with Crippen LogP contribution in [0.4, 0.5) is 10.2 Å². The third-order valence-corrected chi connectivity index (χ3v) is 3.99. The minimum atomic E-state index is -0.423. The van der Waals surface area contributed by atoms with Crippen molar-refractivity contribution in [3.63, 3.8) is 0 Å². The van der Waals surface area contributed by atoms with E-state index in [2.05, 4.69) is 15.1 Å². The molecule has 0 atom stereocenters. The number of rotatable bonds is 6. The fraction of sp³-hybridized carbons (Fsp3) is 0.263. The molecule has 3 aromatic heterocycles. The van der Waals surface area contributed by atoms with Gasteiger partial charge in [-0.3, -0.25) is 0 Å². The minimum absolute atomic E-state index is 0. The van der Waals surface area contributed by atoms with E-state index in [9.17, 15) is 9.18 Å². The third kappa shape index (κ3) is 5.27. The second kappa shape index (κ2) is 10.5. The van der Waals surface area contributed by atoms with E-state index in [1.807, 2.05) is 37.2 Å². The van der Waals surface area contributed by atoms with Gasteiger partial charge in [-0.05, 0) is 29.8 Å². The van der Waals surface area contributed by atoms with Crippen molar-refractivity contribution in [2.75, 3.05) is 25.5 Å². The van der Waals surface area contributed by atoms with Gasteiger partial charge in [0.2, 0.25) is 0 Å². The van der Waals surface area contributed by atoms with Gasteiger partial charge in [0.05, 0.1) is 18.6 Å². The van der Waals surface area contributed by atoms with Gasteiger partial charge in [0.15, 0.2) is 0 Å². The van der Waals surface area contributed by atoms with Gasteiger partial charge in [0.25, 0.3) is 0 Å². The van der Waals surface area contributed by atoms with Gasteiger partial charge in [0, 0.05) is 32.4 Å². The molecule has 2 N–H and O–H groups in total. The highest BCUT2D eigenvalue weighted by molar-refractivity contribution is 5.85. The first-order valence-corrected chi connectivity index (χ1v) is 8.27. The minimum Gasteiger partial charge on any atom is -0.363 e. The zero-order valence-electron chi connectivity index (χ0n) is 15.5. The van der Waals surface area contributed by atoms with Crippen LogP contribution < -0.4 is 16.3 Å². The monoisotopic (exact) mass is 421 g/mol. The van der Waals surface area contributed by atoms with Crippen molar-refractivity contribution in [2.24, 2.45) is 5.73 Å². The van der Waals surface area contributed by atoms with Crippen LogP contribution >= 0.6 is 12.4 Å². The highest BCUT2D eigenvalue weighted by Gasteiger charge is 2.11. The highest BCUT2D eigenvalue weighted by Crippen LogP contribution is 2.19. The lowest BCUT2D eigenvalue weighted by atomic mass is 10.2. The van der Waals surface area contributed by atoms with Gasteiger partial charge in [-0.15, -0.1) is 12.4 Å². The molecule has 0 amide bonds. The zero-order valence-corrected chi connectivity index (χ0v) is 16.3. The molecular weight excluding hydrogens is 397 g/mol. The van der Waals surface area contributed by atoms with Gasteiger partial charge in [-0.2, -0.15) is 5.10 Å². The summed E-state index contributed by atoms with van der Waals surface area (Å²) >= 11 is 0. The first-order chi connectivity index (χ1) is 13.0. The molecule has 0 aliphatic rings. The maximum absolute atomic E-state index is 12.7. The molecule has 3 heterocycles. The molecule has 0 aliphatic carbocycles. The zero-order chi connectivity index (χ0) is 19.4. The van der Waals surface area contributed by atoms with Gasteiger partial charge in [-0.1, -0.05) is 13.5 Å². The van der Waals surface area contributed by atoms with Gasteiger partial charge < -0.3 is 10.6 Å². The van der Waals surface area contributed by atoms with Gasteiger partial charge in [-0.25, -0.2) is 28.4 Å². The summed E-state index contributed by atoms with van der Waals surface area (Å²) in [7, 11) is 3.83. The Morgan fingerprint density at radius 2 is 2.03 bits per heavy atom. The Morgan fingerprint density at radius 1 is 1.28 bits per heavy atom. The molecule has 0 bridgehead atoms. The van der Waals surface area contributed by atoms with Crippen LogP contribution in [0.5, 0.6) is 0 Å². The van der Waals surface area contributed by atoms with Gasteiger partial charge >= 0.3 is 5.69 Å². The number of halogens is 2. The SMILES string of the molecule is C.CN(C)c1ccc(-c2cccc(-n3cnn(C/C(=C/F)CN)c3=O)n2)cn1.Cl. The number of anilines is 1. The number of nitrogens with two attached hydrogens (primary N) is 1. The van der Waals surface area contributed by atoms with Crippen LogP contribution in [0.15, 0.2) is 59.6 Å². The number of hydrogen-bond acceptors (Lipinski definition) is 6. The molecule has 0 unspecified atom stereocenters. The van der Waals surface area contributed by atoms with Crippen LogP contribution in [0.3, 0.4) is 0 Å². The fourth-order valence-electron chi connectivity index (χ4n) is 2.46. The van der Waals surface area contributed by atoms with Crippen molar-refractivity contribution in [2.45, 2.75) is 14.0 Å². The van der Waals surface area contributed by atoms with Crippen molar-refractivity contribution >= 4 is 18.2 Å². The summed E-state index contributed by atoms with van der Waals surface area (Å²) in [5.41, 5.74) is 6.79. The van der Waals surface area contributed by atoms with E-state index in [1.54, 1.807) is 18.3 Å². The first-order valence-electron chi connectivity index (χ1n) is 8.27. The average molecular weight is 422 g/mol. The van der Waals surface area contributed by atoms with E-state index in [0.717, 1.165) is 16.1 Å². The molecule has 156 valence electrons. The largest absolute Gasteiger partial charge is 0.363 e. The van der Waals surface area contributed by atoms with Crippen LogP contribution in [-0.4, -0.2) is 45.0 Å². The number of hydrogen-bond donors (Lipinski definition) is 1.